The number of carbonyl (C=O) groups is 1. The molecule has 0 aromatic heterocycles. The Hall–Kier alpha value is -4.67. The molecule has 3 aromatic rings. The number of rotatable bonds is 17. The average molecular weight is 599 g/mol. The van der Waals surface area contributed by atoms with Crippen molar-refractivity contribution >= 4 is 17.9 Å². The molecule has 0 radical (unpaired) electrons. The number of aliphatic hydroxyl groups excluding tert-OH is 1. The highest BCUT2D eigenvalue weighted by atomic mass is 16.5. The molecule has 0 spiro atoms. The molecule has 1 aliphatic heterocycles. The third-order valence-corrected chi connectivity index (χ3v) is 7.06. The van der Waals surface area contributed by atoms with E-state index in [1.807, 2.05) is 78.9 Å². The average Bonchev–Trinajstić information content (AvgIpc) is 3.45. The smallest absolute Gasteiger partial charge is 0.266 e. The van der Waals surface area contributed by atoms with Crippen LogP contribution in [0, 0.1) is 0 Å². The van der Waals surface area contributed by atoms with E-state index in [0.29, 0.717) is 55.4 Å². The van der Waals surface area contributed by atoms with Gasteiger partial charge in [0.2, 0.25) is 5.90 Å². The van der Waals surface area contributed by atoms with Crippen LogP contribution < -0.4 is 15.6 Å². The van der Waals surface area contributed by atoms with Gasteiger partial charge in [-0.25, -0.2) is 10.4 Å². The first-order valence-electron chi connectivity index (χ1n) is 14.5. The summed E-state index contributed by atoms with van der Waals surface area (Å²) in [4.78, 5) is 22.1. The number of aliphatic hydroxyl groups is 1. The molecule has 0 fully saturated rings. The van der Waals surface area contributed by atoms with Gasteiger partial charge in [0.05, 0.1) is 13.2 Å². The Balaban J connectivity index is 1.75. The number of hydrazine groups is 1. The van der Waals surface area contributed by atoms with Crippen LogP contribution in [-0.2, 0) is 20.8 Å². The number of aliphatic imine (C=N–C) groups is 1. The Morgan fingerprint density at radius 1 is 1.09 bits per heavy atom. The first-order chi connectivity index (χ1) is 21.6. The van der Waals surface area contributed by atoms with Gasteiger partial charge in [-0.2, -0.15) is 0 Å². The van der Waals surface area contributed by atoms with Crippen LogP contribution in [0.3, 0.4) is 0 Å². The number of methoxy groups -OCH3 is 1. The fourth-order valence-corrected chi connectivity index (χ4v) is 4.83. The van der Waals surface area contributed by atoms with Crippen molar-refractivity contribution in [2.75, 3.05) is 33.5 Å². The number of hydrogen-bond acceptors (Lipinski definition) is 8. The lowest BCUT2D eigenvalue weighted by Gasteiger charge is -2.31. The SMILES string of the molecule is COCCCNNC(=O)[C@@]1(C/C=C/c2ccccc2)N=C(c2ccc(OCCCO)cc2)O[C@H]1c1ccccc1CN=[N+]=[N-]. The van der Waals surface area contributed by atoms with E-state index < -0.39 is 11.6 Å². The van der Waals surface area contributed by atoms with Crippen molar-refractivity contribution in [1.29, 1.82) is 0 Å². The van der Waals surface area contributed by atoms with Gasteiger partial charge in [0.15, 0.2) is 11.6 Å². The highest BCUT2D eigenvalue weighted by Gasteiger charge is 2.53. The van der Waals surface area contributed by atoms with Crippen molar-refractivity contribution in [3.63, 3.8) is 0 Å². The molecule has 230 valence electrons. The minimum Gasteiger partial charge on any atom is -0.494 e. The lowest BCUT2D eigenvalue weighted by Crippen LogP contribution is -2.52. The summed E-state index contributed by atoms with van der Waals surface area (Å²) >= 11 is 0. The number of carbonyl (C=O) groups excluding carboxylic acids is 1. The van der Waals surface area contributed by atoms with Crippen LogP contribution in [-0.4, -0.2) is 55.9 Å². The monoisotopic (exact) mass is 598 g/mol. The van der Waals surface area contributed by atoms with E-state index in [4.69, 9.17) is 29.8 Å². The van der Waals surface area contributed by atoms with E-state index in [1.165, 1.54) is 0 Å². The van der Waals surface area contributed by atoms with Crippen LogP contribution >= 0.6 is 0 Å². The predicted molar refractivity (Wildman–Crippen MR) is 169 cm³/mol. The Kier molecular flexibility index (Phi) is 12.3. The summed E-state index contributed by atoms with van der Waals surface area (Å²) in [7, 11) is 1.63. The van der Waals surface area contributed by atoms with Crippen molar-refractivity contribution in [3.05, 3.63) is 118 Å². The summed E-state index contributed by atoms with van der Waals surface area (Å²) in [5.74, 6) is 0.584. The van der Waals surface area contributed by atoms with Crippen molar-refractivity contribution in [3.8, 4) is 5.75 Å². The third kappa shape index (κ3) is 8.46. The summed E-state index contributed by atoms with van der Waals surface area (Å²) in [5, 5.41) is 12.8. The maximum Gasteiger partial charge on any atom is 0.266 e. The van der Waals surface area contributed by atoms with Crippen molar-refractivity contribution < 1.29 is 24.1 Å². The lowest BCUT2D eigenvalue weighted by atomic mass is 9.82. The summed E-state index contributed by atoms with van der Waals surface area (Å²) in [6.45, 7) is 1.59. The summed E-state index contributed by atoms with van der Waals surface area (Å²) in [6, 6.07) is 24.5. The van der Waals surface area contributed by atoms with Gasteiger partial charge < -0.3 is 19.3 Å². The summed E-state index contributed by atoms with van der Waals surface area (Å²) in [5.41, 5.74) is 16.6. The highest BCUT2D eigenvalue weighted by molar-refractivity contribution is 6.01. The van der Waals surface area contributed by atoms with Crippen molar-refractivity contribution in [2.45, 2.75) is 37.5 Å². The minimum absolute atomic E-state index is 0.0510. The van der Waals surface area contributed by atoms with E-state index in [2.05, 4.69) is 20.9 Å². The Labute approximate surface area is 257 Å². The molecular formula is C33H38N6O5. The Morgan fingerprint density at radius 3 is 2.61 bits per heavy atom. The molecule has 1 amide bonds. The molecule has 0 unspecified atom stereocenters. The molecule has 11 heteroatoms. The van der Waals surface area contributed by atoms with Gasteiger partial charge in [0.1, 0.15) is 5.75 Å². The molecule has 0 saturated carbocycles. The van der Waals surface area contributed by atoms with Gasteiger partial charge >= 0.3 is 0 Å². The van der Waals surface area contributed by atoms with E-state index in [-0.39, 0.29) is 25.5 Å². The van der Waals surface area contributed by atoms with E-state index in [9.17, 15) is 4.79 Å². The lowest BCUT2D eigenvalue weighted by molar-refractivity contribution is -0.129. The number of nitrogens with one attached hydrogen (secondary N) is 2. The van der Waals surface area contributed by atoms with Crippen LogP contribution in [0.2, 0.25) is 0 Å². The van der Waals surface area contributed by atoms with Gasteiger partial charge in [0.25, 0.3) is 5.91 Å². The van der Waals surface area contributed by atoms with E-state index in [1.54, 1.807) is 19.2 Å². The van der Waals surface area contributed by atoms with Gasteiger partial charge in [-0.3, -0.25) is 10.2 Å². The predicted octanol–water partition coefficient (Wildman–Crippen LogP) is 5.28. The number of nitrogens with zero attached hydrogens (tertiary/aromatic N) is 4. The van der Waals surface area contributed by atoms with Gasteiger partial charge in [-0.05, 0) is 52.9 Å². The molecular weight excluding hydrogens is 560 g/mol. The first-order valence-corrected chi connectivity index (χ1v) is 14.5. The molecule has 0 bridgehead atoms. The molecule has 1 aliphatic rings. The fraction of sp³-hybridized carbons (Fsp3) is 0.333. The molecule has 2 atom stereocenters. The number of ether oxygens (including phenoxy) is 3. The molecule has 1 heterocycles. The molecule has 3 aromatic carbocycles. The molecule has 0 aliphatic carbocycles. The zero-order valence-electron chi connectivity index (χ0n) is 24.8. The fourth-order valence-electron chi connectivity index (χ4n) is 4.83. The quantitative estimate of drug-likeness (QED) is 0.0633. The third-order valence-electron chi connectivity index (χ3n) is 7.06. The van der Waals surface area contributed by atoms with Crippen LogP contribution in [0.1, 0.15) is 47.6 Å². The Morgan fingerprint density at radius 2 is 1.86 bits per heavy atom. The Bertz CT molecular complexity index is 1460. The minimum atomic E-state index is -1.41. The number of amides is 1. The number of azide groups is 1. The van der Waals surface area contributed by atoms with Crippen molar-refractivity contribution in [2.24, 2.45) is 10.1 Å². The molecule has 3 N–H and O–H groups in total. The van der Waals surface area contributed by atoms with Crippen LogP contribution in [0.5, 0.6) is 5.75 Å². The van der Waals surface area contributed by atoms with Gasteiger partial charge in [-0.15, -0.1) is 0 Å². The maximum absolute atomic E-state index is 14.2. The zero-order chi connectivity index (χ0) is 31.0. The second-order valence-electron chi connectivity index (χ2n) is 10.1. The summed E-state index contributed by atoms with van der Waals surface area (Å²) < 4.78 is 17.4. The van der Waals surface area contributed by atoms with Gasteiger partial charge in [0, 0.05) is 50.2 Å². The number of hydrogen-bond donors (Lipinski definition) is 3. The largest absolute Gasteiger partial charge is 0.494 e. The van der Waals surface area contributed by atoms with Crippen molar-refractivity contribution in [1.82, 2.24) is 10.9 Å². The van der Waals surface area contributed by atoms with Gasteiger partial charge in [-0.1, -0.05) is 71.9 Å². The zero-order valence-corrected chi connectivity index (χ0v) is 24.8. The second kappa shape index (κ2) is 16.8. The van der Waals surface area contributed by atoms with E-state index >= 15 is 0 Å². The van der Waals surface area contributed by atoms with Crippen LogP contribution in [0.15, 0.2) is 95.0 Å². The summed E-state index contributed by atoms with van der Waals surface area (Å²) in [6.07, 6.45) is 4.51. The van der Waals surface area contributed by atoms with Crippen LogP contribution in [0.4, 0.5) is 0 Å². The molecule has 4 rings (SSSR count). The maximum atomic E-state index is 14.2. The first kappa shape index (κ1) is 32.2. The standard InChI is InChI=1S/C33H38N6O5/c1-42-22-8-20-35-38-32(41)33(19-7-12-25-10-3-2-4-11-25)30(29-14-6-5-13-27(29)24-36-39-34)44-31(37-33)26-15-17-28(18-16-26)43-23-9-21-40/h2-7,10-18,30,35,40H,8-9,19-24H2,1H3,(H,38,41)/b12-7+/t30-,33-/m0/s1. The highest BCUT2D eigenvalue weighted by Crippen LogP contribution is 2.44. The number of benzene rings is 3. The molecule has 0 saturated heterocycles. The second-order valence-corrected chi connectivity index (χ2v) is 10.1. The normalized spacial score (nSPS) is 17.5. The van der Waals surface area contributed by atoms with Crippen LogP contribution in [0.25, 0.3) is 16.5 Å². The van der Waals surface area contributed by atoms with E-state index in [0.717, 1.165) is 11.1 Å². The topological polar surface area (TPSA) is 150 Å². The molecule has 11 nitrogen and oxygen atoms in total. The molecule has 44 heavy (non-hydrogen) atoms.